The van der Waals surface area contributed by atoms with Crippen molar-refractivity contribution in [2.24, 2.45) is 11.5 Å². The average Bonchev–Trinajstić information content (AvgIpc) is 2.49. The molecule has 2 unspecified atom stereocenters. The Kier molecular flexibility index (Phi) is 14.9. The van der Waals surface area contributed by atoms with E-state index in [4.69, 9.17) is 11.5 Å². The molecule has 1 amide bonds. The van der Waals surface area contributed by atoms with Gasteiger partial charge in [-0.25, -0.2) is 0 Å². The van der Waals surface area contributed by atoms with Crippen molar-refractivity contribution >= 4 is 5.91 Å². The molecular weight excluding hydrogens is 276 g/mol. The highest BCUT2D eigenvalue weighted by molar-refractivity contribution is 5.73. The van der Waals surface area contributed by atoms with Gasteiger partial charge in [-0.1, -0.05) is 71.1 Å². The quantitative estimate of drug-likeness (QED) is 0.380. The molecule has 0 aliphatic rings. The van der Waals surface area contributed by atoms with E-state index in [9.17, 15) is 9.90 Å². The number of amides is 1. The second-order valence-corrected chi connectivity index (χ2v) is 6.56. The van der Waals surface area contributed by atoms with Crippen LogP contribution in [0.1, 0.15) is 96.8 Å². The lowest BCUT2D eigenvalue weighted by atomic mass is 9.98. The predicted molar refractivity (Wildman–Crippen MR) is 93.5 cm³/mol. The molecule has 0 heterocycles. The van der Waals surface area contributed by atoms with Crippen LogP contribution in [0.3, 0.4) is 0 Å². The zero-order valence-electron chi connectivity index (χ0n) is 14.6. The lowest BCUT2D eigenvalue weighted by Crippen LogP contribution is -2.34. The molecule has 0 fully saturated rings. The number of nitrogens with two attached hydrogens (primary N) is 2. The molecule has 0 aromatic rings. The van der Waals surface area contributed by atoms with Gasteiger partial charge >= 0.3 is 0 Å². The van der Waals surface area contributed by atoms with Crippen LogP contribution in [0.2, 0.25) is 0 Å². The normalized spacial score (nSPS) is 14.0. The molecule has 4 heteroatoms. The van der Waals surface area contributed by atoms with Crippen molar-refractivity contribution in [1.82, 2.24) is 0 Å². The first-order valence-corrected chi connectivity index (χ1v) is 9.29. The van der Waals surface area contributed by atoms with Crippen molar-refractivity contribution in [3.8, 4) is 0 Å². The Hall–Kier alpha value is -0.610. The second-order valence-electron chi connectivity index (χ2n) is 6.56. The summed E-state index contributed by atoms with van der Waals surface area (Å²) in [5.41, 5.74) is 11.1. The minimum atomic E-state index is -0.405. The van der Waals surface area contributed by atoms with Crippen LogP contribution in [0.15, 0.2) is 0 Å². The highest BCUT2D eigenvalue weighted by atomic mass is 16.3. The maximum atomic E-state index is 10.6. The summed E-state index contributed by atoms with van der Waals surface area (Å²) in [6.45, 7) is 2.24. The number of rotatable bonds is 16. The molecule has 2 atom stereocenters. The Morgan fingerprint density at radius 2 is 1.36 bits per heavy atom. The van der Waals surface area contributed by atoms with Gasteiger partial charge in [0.05, 0.1) is 6.10 Å². The van der Waals surface area contributed by atoms with Crippen molar-refractivity contribution in [3.63, 3.8) is 0 Å². The topological polar surface area (TPSA) is 89.3 Å². The van der Waals surface area contributed by atoms with E-state index in [1.807, 2.05) is 0 Å². The number of aliphatic hydroxyl groups is 1. The van der Waals surface area contributed by atoms with Gasteiger partial charge in [0, 0.05) is 12.5 Å². The number of unbranched alkanes of at least 4 members (excludes halogenated alkanes) is 9. The summed E-state index contributed by atoms with van der Waals surface area (Å²) in [6.07, 6.45) is 14.8. The first-order valence-electron chi connectivity index (χ1n) is 9.29. The van der Waals surface area contributed by atoms with Crippen LogP contribution in [-0.4, -0.2) is 23.2 Å². The van der Waals surface area contributed by atoms with Gasteiger partial charge in [0.2, 0.25) is 5.91 Å². The minimum Gasteiger partial charge on any atom is -0.392 e. The molecule has 132 valence electrons. The number of carbonyl (C=O) groups excluding carboxylic acids is 1. The van der Waals surface area contributed by atoms with Gasteiger partial charge in [0.25, 0.3) is 0 Å². The minimum absolute atomic E-state index is 0.165. The highest BCUT2D eigenvalue weighted by Crippen LogP contribution is 2.14. The maximum absolute atomic E-state index is 10.6. The lowest BCUT2D eigenvalue weighted by Gasteiger charge is -2.18. The first kappa shape index (κ1) is 21.4. The number of hydrogen-bond acceptors (Lipinski definition) is 3. The molecule has 0 aromatic heterocycles. The van der Waals surface area contributed by atoms with Crippen molar-refractivity contribution < 1.29 is 9.90 Å². The van der Waals surface area contributed by atoms with E-state index < -0.39 is 6.10 Å². The molecule has 4 nitrogen and oxygen atoms in total. The number of carbonyl (C=O) groups is 1. The number of aliphatic hydroxyl groups excluding tert-OH is 1. The lowest BCUT2D eigenvalue weighted by molar-refractivity contribution is -0.118. The van der Waals surface area contributed by atoms with Crippen LogP contribution in [0.4, 0.5) is 0 Å². The summed E-state index contributed by atoms with van der Waals surface area (Å²) in [6, 6.07) is -0.165. The monoisotopic (exact) mass is 314 g/mol. The predicted octanol–water partition coefficient (Wildman–Crippen LogP) is 3.64. The van der Waals surface area contributed by atoms with Gasteiger partial charge < -0.3 is 16.6 Å². The Morgan fingerprint density at radius 1 is 0.864 bits per heavy atom. The van der Waals surface area contributed by atoms with Crippen LogP contribution < -0.4 is 11.5 Å². The van der Waals surface area contributed by atoms with E-state index in [0.717, 1.165) is 32.1 Å². The Morgan fingerprint density at radius 3 is 1.91 bits per heavy atom. The van der Waals surface area contributed by atoms with Crippen LogP contribution in [0.25, 0.3) is 0 Å². The van der Waals surface area contributed by atoms with Gasteiger partial charge in [-0.15, -0.1) is 0 Å². The molecule has 0 radical (unpaired) electrons. The Bertz CT molecular complexity index is 259. The second kappa shape index (κ2) is 15.3. The van der Waals surface area contributed by atoms with Crippen molar-refractivity contribution in [2.75, 3.05) is 0 Å². The van der Waals surface area contributed by atoms with Crippen LogP contribution in [0.5, 0.6) is 0 Å². The third-order valence-electron chi connectivity index (χ3n) is 4.31. The third-order valence-corrected chi connectivity index (χ3v) is 4.31. The standard InChI is InChI=1S/C18H38N2O2/c1-2-3-4-5-6-7-8-9-10-14-17(21)16(19)13-11-12-15-18(20)22/h16-17,21H,2-15,19H2,1H3,(H2,20,22). The summed E-state index contributed by atoms with van der Waals surface area (Å²) in [4.78, 5) is 10.6. The Balaban J connectivity index is 3.36. The molecule has 0 aliphatic heterocycles. The van der Waals surface area contributed by atoms with Gasteiger partial charge in [-0.05, 0) is 19.3 Å². The maximum Gasteiger partial charge on any atom is 0.217 e. The van der Waals surface area contributed by atoms with E-state index in [1.54, 1.807) is 0 Å². The summed E-state index contributed by atoms with van der Waals surface area (Å²) >= 11 is 0. The number of primary amides is 1. The largest absolute Gasteiger partial charge is 0.392 e. The zero-order chi connectivity index (χ0) is 16.6. The fraction of sp³-hybridized carbons (Fsp3) is 0.944. The molecule has 0 bridgehead atoms. The fourth-order valence-corrected chi connectivity index (χ4v) is 2.75. The van der Waals surface area contributed by atoms with Gasteiger partial charge in [-0.3, -0.25) is 4.79 Å². The van der Waals surface area contributed by atoms with Crippen LogP contribution >= 0.6 is 0 Å². The van der Waals surface area contributed by atoms with Crippen molar-refractivity contribution in [1.29, 1.82) is 0 Å². The molecule has 0 saturated carbocycles. The highest BCUT2D eigenvalue weighted by Gasteiger charge is 2.13. The molecule has 0 rings (SSSR count). The summed E-state index contributed by atoms with van der Waals surface area (Å²) < 4.78 is 0. The van der Waals surface area contributed by atoms with E-state index in [1.165, 1.54) is 51.4 Å². The third kappa shape index (κ3) is 14.3. The molecule has 0 saturated heterocycles. The molecule has 22 heavy (non-hydrogen) atoms. The van der Waals surface area contributed by atoms with Gasteiger partial charge in [0.1, 0.15) is 0 Å². The van der Waals surface area contributed by atoms with E-state index in [0.29, 0.717) is 6.42 Å². The van der Waals surface area contributed by atoms with E-state index in [2.05, 4.69) is 6.92 Å². The molecule has 0 aromatic carbocycles. The van der Waals surface area contributed by atoms with Gasteiger partial charge in [0.15, 0.2) is 0 Å². The van der Waals surface area contributed by atoms with Crippen LogP contribution in [0, 0.1) is 0 Å². The van der Waals surface area contributed by atoms with Crippen LogP contribution in [-0.2, 0) is 4.79 Å². The van der Waals surface area contributed by atoms with E-state index in [-0.39, 0.29) is 11.9 Å². The van der Waals surface area contributed by atoms with Crippen molar-refractivity contribution in [2.45, 2.75) is 109 Å². The van der Waals surface area contributed by atoms with Gasteiger partial charge in [-0.2, -0.15) is 0 Å². The molecule has 0 aliphatic carbocycles. The van der Waals surface area contributed by atoms with E-state index >= 15 is 0 Å². The summed E-state index contributed by atoms with van der Waals surface area (Å²) in [5, 5.41) is 10.0. The fourth-order valence-electron chi connectivity index (χ4n) is 2.75. The summed E-state index contributed by atoms with van der Waals surface area (Å²) in [5.74, 6) is -0.260. The molecule has 5 N–H and O–H groups in total. The SMILES string of the molecule is CCCCCCCCCCCC(O)C(N)CCCCC(N)=O. The number of hydrogen-bond donors (Lipinski definition) is 3. The van der Waals surface area contributed by atoms with Crippen molar-refractivity contribution in [3.05, 3.63) is 0 Å². The Labute approximate surface area is 137 Å². The zero-order valence-corrected chi connectivity index (χ0v) is 14.6. The molecule has 0 spiro atoms. The summed E-state index contributed by atoms with van der Waals surface area (Å²) in [7, 11) is 0. The average molecular weight is 315 g/mol. The smallest absolute Gasteiger partial charge is 0.217 e. The first-order chi connectivity index (χ1) is 10.6. The molecular formula is C18H38N2O2.